The molecule has 0 atom stereocenters. The van der Waals surface area contributed by atoms with E-state index in [0.29, 0.717) is 0 Å². The zero-order chi connectivity index (χ0) is 8.91. The molecule has 0 rings (SSSR count). The SMILES string of the molecule is CCCC(CC)=NC(C)(C)C. The molecule has 0 amide bonds. The first kappa shape index (κ1) is 10.7. The summed E-state index contributed by atoms with van der Waals surface area (Å²) in [6, 6.07) is 0. The van der Waals surface area contributed by atoms with Crippen molar-refractivity contribution in [1.29, 1.82) is 0 Å². The molecule has 0 saturated heterocycles. The molecule has 0 aliphatic heterocycles. The molecule has 1 nitrogen and oxygen atoms in total. The van der Waals surface area contributed by atoms with Crippen LogP contribution in [0.1, 0.15) is 53.9 Å². The molecule has 66 valence electrons. The Kier molecular flexibility index (Phi) is 4.39. The van der Waals surface area contributed by atoms with Crippen molar-refractivity contribution in [3.63, 3.8) is 0 Å². The van der Waals surface area contributed by atoms with Gasteiger partial charge in [0.1, 0.15) is 0 Å². The van der Waals surface area contributed by atoms with Crippen molar-refractivity contribution in [2.75, 3.05) is 0 Å². The first-order valence-electron chi connectivity index (χ1n) is 4.57. The molecule has 0 N–H and O–H groups in total. The Morgan fingerprint density at radius 1 is 1.18 bits per heavy atom. The lowest BCUT2D eigenvalue weighted by atomic mass is 10.1. The highest BCUT2D eigenvalue weighted by molar-refractivity contribution is 5.84. The van der Waals surface area contributed by atoms with Gasteiger partial charge in [0.15, 0.2) is 0 Å². The van der Waals surface area contributed by atoms with Crippen LogP contribution in [-0.4, -0.2) is 11.3 Å². The van der Waals surface area contributed by atoms with Gasteiger partial charge in [0.05, 0.1) is 5.54 Å². The van der Waals surface area contributed by atoms with Crippen LogP contribution >= 0.6 is 0 Å². The molecular formula is C10H21N. The molecular weight excluding hydrogens is 134 g/mol. The fourth-order valence-corrected chi connectivity index (χ4v) is 1.07. The molecule has 0 aliphatic carbocycles. The van der Waals surface area contributed by atoms with E-state index < -0.39 is 0 Å². The topological polar surface area (TPSA) is 12.4 Å². The van der Waals surface area contributed by atoms with Crippen LogP contribution in [-0.2, 0) is 0 Å². The Morgan fingerprint density at radius 3 is 2.00 bits per heavy atom. The van der Waals surface area contributed by atoms with Crippen molar-refractivity contribution in [2.45, 2.75) is 59.4 Å². The van der Waals surface area contributed by atoms with Gasteiger partial charge in [-0.25, -0.2) is 0 Å². The summed E-state index contributed by atoms with van der Waals surface area (Å²) in [6.07, 6.45) is 3.47. The van der Waals surface area contributed by atoms with Crippen LogP contribution in [0.4, 0.5) is 0 Å². The molecule has 0 unspecified atom stereocenters. The summed E-state index contributed by atoms with van der Waals surface area (Å²) in [6.45, 7) is 10.8. The third-order valence-corrected chi connectivity index (χ3v) is 1.44. The minimum absolute atomic E-state index is 0.112. The third-order valence-electron chi connectivity index (χ3n) is 1.44. The molecule has 0 fully saturated rings. The maximum absolute atomic E-state index is 4.63. The smallest absolute Gasteiger partial charge is 0.0523 e. The third kappa shape index (κ3) is 6.08. The van der Waals surface area contributed by atoms with E-state index in [1.807, 2.05) is 0 Å². The summed E-state index contributed by atoms with van der Waals surface area (Å²) >= 11 is 0. The standard InChI is InChI=1S/C10H21N/c1-6-8-9(7-2)11-10(3,4)5/h6-8H2,1-5H3. The van der Waals surface area contributed by atoms with E-state index >= 15 is 0 Å². The molecule has 0 aromatic carbocycles. The molecule has 0 saturated carbocycles. The van der Waals surface area contributed by atoms with E-state index in [0.717, 1.165) is 12.8 Å². The van der Waals surface area contributed by atoms with Gasteiger partial charge in [-0.2, -0.15) is 0 Å². The van der Waals surface area contributed by atoms with Crippen LogP contribution in [0.15, 0.2) is 4.99 Å². The van der Waals surface area contributed by atoms with Crippen LogP contribution in [0.3, 0.4) is 0 Å². The van der Waals surface area contributed by atoms with E-state index in [4.69, 9.17) is 0 Å². The fourth-order valence-electron chi connectivity index (χ4n) is 1.07. The van der Waals surface area contributed by atoms with Gasteiger partial charge in [0.25, 0.3) is 0 Å². The summed E-state index contributed by atoms with van der Waals surface area (Å²) in [5.41, 5.74) is 1.47. The van der Waals surface area contributed by atoms with E-state index in [1.165, 1.54) is 12.1 Å². The molecule has 0 aromatic heterocycles. The lowest BCUT2D eigenvalue weighted by Gasteiger charge is -2.14. The monoisotopic (exact) mass is 155 g/mol. The molecule has 0 heterocycles. The number of hydrogen-bond donors (Lipinski definition) is 0. The number of nitrogens with zero attached hydrogens (tertiary/aromatic N) is 1. The highest BCUT2D eigenvalue weighted by atomic mass is 14.8. The first-order valence-corrected chi connectivity index (χ1v) is 4.57. The second kappa shape index (κ2) is 4.53. The molecule has 0 aliphatic rings. The Morgan fingerprint density at radius 2 is 1.73 bits per heavy atom. The minimum atomic E-state index is 0.112. The predicted molar refractivity (Wildman–Crippen MR) is 52.4 cm³/mol. The lowest BCUT2D eigenvalue weighted by molar-refractivity contribution is 0.579. The number of aliphatic imine (C=N–C) groups is 1. The normalized spacial score (nSPS) is 13.7. The molecule has 1 heteroatoms. The van der Waals surface area contributed by atoms with Gasteiger partial charge in [-0.3, -0.25) is 4.99 Å². The van der Waals surface area contributed by atoms with Crippen molar-refractivity contribution in [2.24, 2.45) is 4.99 Å². The van der Waals surface area contributed by atoms with E-state index in [9.17, 15) is 0 Å². The zero-order valence-electron chi connectivity index (χ0n) is 8.57. The largest absolute Gasteiger partial charge is 0.288 e. The zero-order valence-corrected chi connectivity index (χ0v) is 8.57. The van der Waals surface area contributed by atoms with Crippen molar-refractivity contribution < 1.29 is 0 Å². The van der Waals surface area contributed by atoms with Crippen molar-refractivity contribution in [3.05, 3.63) is 0 Å². The molecule has 0 bridgehead atoms. The second-order valence-corrected chi connectivity index (χ2v) is 3.95. The summed E-state index contributed by atoms with van der Waals surface area (Å²) in [5.74, 6) is 0. The Balaban J connectivity index is 4.11. The Bertz CT molecular complexity index is 128. The second-order valence-electron chi connectivity index (χ2n) is 3.95. The van der Waals surface area contributed by atoms with E-state index in [-0.39, 0.29) is 5.54 Å². The van der Waals surface area contributed by atoms with Gasteiger partial charge < -0.3 is 0 Å². The van der Waals surface area contributed by atoms with Gasteiger partial charge in [-0.15, -0.1) is 0 Å². The van der Waals surface area contributed by atoms with Gasteiger partial charge in [-0.1, -0.05) is 20.3 Å². The van der Waals surface area contributed by atoms with Crippen LogP contribution in [0.2, 0.25) is 0 Å². The maximum atomic E-state index is 4.63. The highest BCUT2D eigenvalue weighted by Crippen LogP contribution is 2.10. The average molecular weight is 155 g/mol. The first-order chi connectivity index (χ1) is 4.99. The summed E-state index contributed by atoms with van der Waals surface area (Å²) in [7, 11) is 0. The molecule has 11 heavy (non-hydrogen) atoms. The number of hydrogen-bond acceptors (Lipinski definition) is 1. The van der Waals surface area contributed by atoms with Gasteiger partial charge >= 0.3 is 0 Å². The fraction of sp³-hybridized carbons (Fsp3) is 0.900. The quantitative estimate of drug-likeness (QED) is 0.554. The average Bonchev–Trinajstić information content (AvgIpc) is 1.84. The minimum Gasteiger partial charge on any atom is -0.288 e. The lowest BCUT2D eigenvalue weighted by Crippen LogP contribution is -2.13. The predicted octanol–water partition coefficient (Wildman–Crippen LogP) is 3.44. The molecule has 0 radical (unpaired) electrons. The van der Waals surface area contributed by atoms with Crippen molar-refractivity contribution >= 4 is 5.71 Å². The number of rotatable bonds is 3. The van der Waals surface area contributed by atoms with E-state index in [1.54, 1.807) is 0 Å². The van der Waals surface area contributed by atoms with Gasteiger partial charge in [-0.05, 0) is 33.6 Å². The summed E-state index contributed by atoms with van der Waals surface area (Å²) in [5, 5.41) is 0. The van der Waals surface area contributed by atoms with Gasteiger partial charge in [0.2, 0.25) is 0 Å². The molecule has 0 spiro atoms. The summed E-state index contributed by atoms with van der Waals surface area (Å²) < 4.78 is 0. The van der Waals surface area contributed by atoms with Crippen molar-refractivity contribution in [3.8, 4) is 0 Å². The van der Waals surface area contributed by atoms with Crippen LogP contribution in [0.25, 0.3) is 0 Å². The van der Waals surface area contributed by atoms with Crippen molar-refractivity contribution in [1.82, 2.24) is 0 Å². The Labute approximate surface area is 70.9 Å². The van der Waals surface area contributed by atoms with Crippen LogP contribution in [0.5, 0.6) is 0 Å². The highest BCUT2D eigenvalue weighted by Gasteiger charge is 2.07. The van der Waals surface area contributed by atoms with Crippen LogP contribution < -0.4 is 0 Å². The Hall–Kier alpha value is -0.330. The van der Waals surface area contributed by atoms with Gasteiger partial charge in [0, 0.05) is 5.71 Å². The maximum Gasteiger partial charge on any atom is 0.0523 e. The van der Waals surface area contributed by atoms with Crippen LogP contribution in [0, 0.1) is 0 Å². The van der Waals surface area contributed by atoms with E-state index in [2.05, 4.69) is 39.6 Å². The molecule has 0 aromatic rings. The summed E-state index contributed by atoms with van der Waals surface area (Å²) in [4.78, 5) is 4.63.